The number of carbonyl (C=O) groups excluding carboxylic acids is 2. The Morgan fingerprint density at radius 1 is 1.26 bits per heavy atom. The number of rotatable bonds is 7. The molecule has 0 unspecified atom stereocenters. The molecule has 11 heteroatoms. The first kappa shape index (κ1) is 23.3. The molecule has 2 aromatic rings. The molecule has 3 rings (SSSR count). The Morgan fingerprint density at radius 2 is 1.97 bits per heavy atom. The third kappa shape index (κ3) is 5.66. The van der Waals surface area contributed by atoms with E-state index >= 15 is 0 Å². The van der Waals surface area contributed by atoms with Gasteiger partial charge in [-0.25, -0.2) is 17.8 Å². The van der Waals surface area contributed by atoms with Crippen molar-refractivity contribution in [2.45, 2.75) is 37.6 Å². The molecule has 2 amide bonds. The van der Waals surface area contributed by atoms with Gasteiger partial charge in [0.05, 0.1) is 10.8 Å². The number of hydrogen-bond donors (Lipinski definition) is 2. The normalized spacial score (nSPS) is 18.5. The molecule has 0 bridgehead atoms. The second-order valence-corrected chi connectivity index (χ2v) is 10.5. The Balaban J connectivity index is 1.67. The molecule has 1 aliphatic rings. The molecule has 31 heavy (non-hydrogen) atoms. The summed E-state index contributed by atoms with van der Waals surface area (Å²) in [6.45, 7) is 3.92. The van der Waals surface area contributed by atoms with E-state index in [0.717, 1.165) is 12.1 Å². The van der Waals surface area contributed by atoms with Gasteiger partial charge in [0.25, 0.3) is 0 Å². The minimum Gasteiger partial charge on any atom is -0.344 e. The van der Waals surface area contributed by atoms with Gasteiger partial charge >= 0.3 is 0 Å². The van der Waals surface area contributed by atoms with Gasteiger partial charge in [0, 0.05) is 24.7 Å². The molecule has 8 nitrogen and oxygen atoms in total. The van der Waals surface area contributed by atoms with Gasteiger partial charge in [0.1, 0.15) is 11.9 Å². The van der Waals surface area contributed by atoms with Crippen molar-refractivity contribution in [3.05, 3.63) is 41.7 Å². The summed E-state index contributed by atoms with van der Waals surface area (Å²) in [7, 11) is -3.84. The Labute approximate surface area is 184 Å². The van der Waals surface area contributed by atoms with Crippen LogP contribution in [0.2, 0.25) is 0 Å². The van der Waals surface area contributed by atoms with E-state index < -0.39 is 27.8 Å². The van der Waals surface area contributed by atoms with Gasteiger partial charge in [-0.2, -0.15) is 4.31 Å². The van der Waals surface area contributed by atoms with Crippen LogP contribution in [0.15, 0.2) is 40.7 Å². The Morgan fingerprint density at radius 3 is 2.58 bits per heavy atom. The van der Waals surface area contributed by atoms with Crippen molar-refractivity contribution < 1.29 is 22.4 Å². The van der Waals surface area contributed by atoms with Crippen molar-refractivity contribution in [3.8, 4) is 0 Å². The first-order valence-electron chi connectivity index (χ1n) is 9.95. The Kier molecular flexibility index (Phi) is 7.39. The molecule has 2 atom stereocenters. The highest BCUT2D eigenvalue weighted by Crippen LogP contribution is 2.24. The average molecular weight is 469 g/mol. The van der Waals surface area contributed by atoms with Gasteiger partial charge in [-0.1, -0.05) is 13.8 Å². The highest BCUT2D eigenvalue weighted by Gasteiger charge is 2.35. The molecule has 1 aromatic carbocycles. The number of halogens is 1. The molecule has 0 saturated carbocycles. The van der Waals surface area contributed by atoms with Gasteiger partial charge in [-0.05, 0) is 43.0 Å². The van der Waals surface area contributed by atoms with E-state index in [9.17, 15) is 22.4 Å². The monoisotopic (exact) mass is 468 g/mol. The van der Waals surface area contributed by atoms with E-state index in [0.29, 0.717) is 18.0 Å². The molecule has 1 aromatic heterocycles. The Bertz CT molecular complexity index is 1010. The smallest absolute Gasteiger partial charge is 0.248 e. The lowest BCUT2D eigenvalue weighted by atomic mass is 9.96. The molecular formula is C20H25FN4O4S2. The number of hydrogen-bond acceptors (Lipinski definition) is 6. The number of piperidine rings is 1. The van der Waals surface area contributed by atoms with E-state index in [4.69, 9.17) is 0 Å². The molecule has 168 valence electrons. The minimum atomic E-state index is -3.84. The summed E-state index contributed by atoms with van der Waals surface area (Å²) in [4.78, 5) is 29.5. The zero-order chi connectivity index (χ0) is 22.6. The number of carbonyl (C=O) groups is 2. The fourth-order valence-corrected chi connectivity index (χ4v) is 5.46. The van der Waals surface area contributed by atoms with Crippen LogP contribution in [0.1, 0.15) is 26.7 Å². The summed E-state index contributed by atoms with van der Waals surface area (Å²) in [6.07, 6.45) is 2.60. The first-order valence-corrected chi connectivity index (χ1v) is 12.3. The zero-order valence-electron chi connectivity index (χ0n) is 17.2. The lowest BCUT2D eigenvalue weighted by Crippen LogP contribution is -2.52. The number of aromatic nitrogens is 1. The SMILES string of the molecule is CC(C)[C@H](NC(=O)[C@H]1CCCN(S(=O)(=O)c2ccc(F)cc2)C1)C(=O)Nc1nccs1. The maximum atomic E-state index is 13.2. The van der Waals surface area contributed by atoms with Crippen molar-refractivity contribution in [1.29, 1.82) is 0 Å². The number of benzene rings is 1. The summed E-state index contributed by atoms with van der Waals surface area (Å²) in [5, 5.41) is 7.64. The molecule has 1 fully saturated rings. The maximum Gasteiger partial charge on any atom is 0.248 e. The predicted octanol–water partition coefficient (Wildman–Crippen LogP) is 2.46. The molecule has 2 N–H and O–H groups in total. The van der Waals surface area contributed by atoms with Gasteiger partial charge in [0.2, 0.25) is 21.8 Å². The van der Waals surface area contributed by atoms with Crippen LogP contribution in [0.3, 0.4) is 0 Å². The van der Waals surface area contributed by atoms with Gasteiger partial charge in [-0.15, -0.1) is 11.3 Å². The largest absolute Gasteiger partial charge is 0.344 e. The van der Waals surface area contributed by atoms with Crippen molar-refractivity contribution in [2.24, 2.45) is 11.8 Å². The molecule has 0 radical (unpaired) electrons. The number of thiazole rings is 1. The lowest BCUT2D eigenvalue weighted by molar-refractivity contribution is -0.130. The summed E-state index contributed by atoms with van der Waals surface area (Å²) < 4.78 is 40.2. The fourth-order valence-electron chi connectivity index (χ4n) is 3.40. The molecule has 0 spiro atoms. The summed E-state index contributed by atoms with van der Waals surface area (Å²) in [5.41, 5.74) is 0. The van der Waals surface area contributed by atoms with E-state index in [2.05, 4.69) is 15.6 Å². The van der Waals surface area contributed by atoms with Gasteiger partial charge < -0.3 is 10.6 Å². The van der Waals surface area contributed by atoms with Gasteiger partial charge in [-0.3, -0.25) is 9.59 Å². The highest BCUT2D eigenvalue weighted by molar-refractivity contribution is 7.89. The lowest BCUT2D eigenvalue weighted by Gasteiger charge is -2.32. The van der Waals surface area contributed by atoms with E-state index in [-0.39, 0.29) is 35.7 Å². The standard InChI is InChI=1S/C20H25FN4O4S2/c1-13(2)17(19(27)24-20-22-9-11-30-20)23-18(26)14-4-3-10-25(12-14)31(28,29)16-7-5-15(21)6-8-16/h5-9,11,13-14,17H,3-4,10,12H2,1-2H3,(H,23,26)(H,22,24,27)/t14-,17-/m0/s1. The van der Waals surface area contributed by atoms with Crippen LogP contribution in [0.4, 0.5) is 9.52 Å². The highest BCUT2D eigenvalue weighted by atomic mass is 32.2. The van der Waals surface area contributed by atoms with Crippen LogP contribution in [0.25, 0.3) is 0 Å². The molecular weight excluding hydrogens is 443 g/mol. The topological polar surface area (TPSA) is 108 Å². The van der Waals surface area contributed by atoms with Crippen LogP contribution >= 0.6 is 11.3 Å². The number of sulfonamides is 1. The van der Waals surface area contributed by atoms with Gasteiger partial charge in [0.15, 0.2) is 5.13 Å². The number of nitrogens with zero attached hydrogens (tertiary/aromatic N) is 2. The van der Waals surface area contributed by atoms with Crippen molar-refractivity contribution in [1.82, 2.24) is 14.6 Å². The molecule has 1 aliphatic heterocycles. The quantitative estimate of drug-likeness (QED) is 0.649. The third-order valence-electron chi connectivity index (χ3n) is 5.12. The predicted molar refractivity (Wildman–Crippen MR) is 115 cm³/mol. The fraction of sp³-hybridized carbons (Fsp3) is 0.450. The van der Waals surface area contributed by atoms with Crippen molar-refractivity contribution >= 4 is 38.3 Å². The third-order valence-corrected chi connectivity index (χ3v) is 7.68. The average Bonchev–Trinajstić information content (AvgIpc) is 3.25. The van der Waals surface area contributed by atoms with Crippen LogP contribution in [0, 0.1) is 17.7 Å². The second kappa shape index (κ2) is 9.84. The van der Waals surface area contributed by atoms with Crippen LogP contribution in [-0.2, 0) is 19.6 Å². The number of amides is 2. The van der Waals surface area contributed by atoms with E-state index in [1.807, 2.05) is 13.8 Å². The van der Waals surface area contributed by atoms with E-state index in [1.165, 1.54) is 27.8 Å². The van der Waals surface area contributed by atoms with Crippen LogP contribution < -0.4 is 10.6 Å². The van der Waals surface area contributed by atoms with E-state index in [1.54, 1.807) is 11.6 Å². The minimum absolute atomic E-state index is 0.00442. The zero-order valence-corrected chi connectivity index (χ0v) is 18.9. The number of anilines is 1. The van der Waals surface area contributed by atoms with Crippen molar-refractivity contribution in [2.75, 3.05) is 18.4 Å². The first-order chi connectivity index (χ1) is 14.7. The summed E-state index contributed by atoms with van der Waals surface area (Å²) in [6, 6.07) is 3.84. The maximum absolute atomic E-state index is 13.2. The second-order valence-electron chi connectivity index (χ2n) is 7.71. The molecule has 2 heterocycles. The summed E-state index contributed by atoms with van der Waals surface area (Å²) >= 11 is 1.28. The molecule has 0 aliphatic carbocycles. The van der Waals surface area contributed by atoms with Crippen molar-refractivity contribution in [3.63, 3.8) is 0 Å². The van der Waals surface area contributed by atoms with Crippen LogP contribution in [0.5, 0.6) is 0 Å². The molecule has 1 saturated heterocycles. The van der Waals surface area contributed by atoms with Crippen LogP contribution in [-0.4, -0.2) is 48.7 Å². The number of nitrogens with one attached hydrogen (secondary N) is 2. The summed E-state index contributed by atoms with van der Waals surface area (Å²) in [5.74, 6) is -2.02. The Hall–Kier alpha value is -2.37.